The van der Waals surface area contributed by atoms with Crippen LogP contribution in [0.1, 0.15) is 41.5 Å². The van der Waals surface area contributed by atoms with Gasteiger partial charge in [0.05, 0.1) is 20.4 Å². The molecule has 0 aliphatic heterocycles. The van der Waals surface area contributed by atoms with Gasteiger partial charge < -0.3 is 8.98 Å². The summed E-state index contributed by atoms with van der Waals surface area (Å²) >= 11 is -1.16. The van der Waals surface area contributed by atoms with E-state index in [1.54, 1.807) is 6.21 Å². The lowest BCUT2D eigenvalue weighted by Gasteiger charge is -2.35. The Hall–Kier alpha value is 0.374. The molecule has 0 amide bonds. The first-order valence-corrected chi connectivity index (χ1v) is 13.4. The minimum absolute atomic E-state index is 0.284. The first-order valence-electron chi connectivity index (χ1n) is 6.40. The summed E-state index contributed by atoms with van der Waals surface area (Å²) in [6.07, 6.45) is 1.67. The van der Waals surface area contributed by atoms with E-state index in [0.717, 1.165) is 0 Å². The van der Waals surface area contributed by atoms with Gasteiger partial charge in [-0.1, -0.05) is 38.3 Å². The lowest BCUT2D eigenvalue weighted by molar-refractivity contribution is 0.412. The van der Waals surface area contributed by atoms with Crippen molar-refractivity contribution in [3.63, 3.8) is 0 Å². The van der Waals surface area contributed by atoms with Crippen LogP contribution in [0, 0.1) is 0 Å². The van der Waals surface area contributed by atoms with Gasteiger partial charge in [0.2, 0.25) is 0 Å². The normalized spacial score (nSPS) is 16.9. The predicted octanol–water partition coefficient (Wildman–Crippen LogP) is 2.63. The molecule has 0 rings (SSSR count). The molecule has 6 heteroatoms. The summed E-state index contributed by atoms with van der Waals surface area (Å²) in [5.41, 5.74) is 0. The average Bonchev–Trinajstić information content (AvgIpc) is 2.13. The van der Waals surface area contributed by atoms with E-state index in [9.17, 15) is 4.55 Å². The maximum absolute atomic E-state index is 11.7. The Labute approximate surface area is 119 Å². The molecule has 0 heterocycles. The zero-order chi connectivity index (χ0) is 14.6. The zero-order valence-corrected chi connectivity index (χ0v) is 16.4. The van der Waals surface area contributed by atoms with Crippen LogP contribution in [0.15, 0.2) is 4.40 Å². The van der Waals surface area contributed by atoms with Crippen LogP contribution in [0.5, 0.6) is 0 Å². The Bertz CT molecular complexity index is 283. The largest absolute Gasteiger partial charge is 0.591 e. The van der Waals surface area contributed by atoms with Crippen LogP contribution in [0.3, 0.4) is 0 Å². The highest BCUT2D eigenvalue weighted by Gasteiger charge is 2.35. The quantitative estimate of drug-likeness (QED) is 0.339. The fourth-order valence-electron chi connectivity index (χ4n) is 0.840. The Kier molecular flexibility index (Phi) is 6.84. The van der Waals surface area contributed by atoms with Gasteiger partial charge in [0.1, 0.15) is 16.1 Å². The molecule has 0 radical (unpaired) electrons. The molecule has 0 aromatic carbocycles. The van der Waals surface area contributed by atoms with Crippen molar-refractivity contribution in [1.82, 2.24) is 0 Å². The molecule has 108 valence electrons. The van der Waals surface area contributed by atoms with Crippen LogP contribution in [0.25, 0.3) is 0 Å². The van der Waals surface area contributed by atoms with Gasteiger partial charge in [-0.2, -0.15) is 0 Å². The average molecular weight is 308 g/mol. The second-order valence-corrected chi connectivity index (χ2v) is 21.4. The third kappa shape index (κ3) is 6.51. The van der Waals surface area contributed by atoms with Crippen molar-refractivity contribution in [3.05, 3.63) is 0 Å². The first kappa shape index (κ1) is 18.4. The Morgan fingerprint density at radius 1 is 1.22 bits per heavy atom. The number of rotatable bonds is 5. The number of nitrogens with zero attached hydrogens (tertiary/aromatic N) is 1. The summed E-state index contributed by atoms with van der Waals surface area (Å²) in [7, 11) is -1.73. The van der Waals surface area contributed by atoms with Gasteiger partial charge in [-0.25, -0.2) is 0 Å². The van der Waals surface area contributed by atoms with Crippen molar-refractivity contribution in [3.8, 4) is 0 Å². The maximum Gasteiger partial charge on any atom is 0.151 e. The molecule has 0 aromatic rings. The van der Waals surface area contributed by atoms with E-state index in [-0.39, 0.29) is 4.75 Å². The summed E-state index contributed by atoms with van der Waals surface area (Å²) in [5.74, 6) is 0. The minimum Gasteiger partial charge on any atom is -0.591 e. The van der Waals surface area contributed by atoms with Crippen molar-refractivity contribution in [1.29, 1.82) is 0 Å². The summed E-state index contributed by atoms with van der Waals surface area (Å²) in [6.45, 7) is 18.0. The predicted molar refractivity (Wildman–Crippen MR) is 88.1 cm³/mol. The molecular weight excluding hydrogens is 278 g/mol. The molecule has 1 unspecified atom stereocenters. The van der Waals surface area contributed by atoms with Gasteiger partial charge >= 0.3 is 0 Å². The summed E-state index contributed by atoms with van der Waals surface area (Å²) in [4.78, 5) is 0. The van der Waals surface area contributed by atoms with Crippen LogP contribution in [-0.4, -0.2) is 39.0 Å². The van der Waals surface area contributed by atoms with Crippen LogP contribution in [-0.2, 0) is 15.8 Å². The van der Waals surface area contributed by atoms with Crippen LogP contribution in [0.2, 0.25) is 18.1 Å². The topological polar surface area (TPSA) is 44.7 Å². The maximum atomic E-state index is 11.7. The van der Waals surface area contributed by atoms with E-state index >= 15 is 0 Å². The standard InChI is InChI=1S/C12H29NO2SSi2/c1-11(2,3)16(14)13-9-10-15-17-18(7,8)12(4,5)6/h9H,10,17H2,1-8H3. The molecule has 0 bridgehead atoms. The molecule has 0 aromatic heterocycles. The third-order valence-corrected chi connectivity index (χ3v) is 15.9. The second kappa shape index (κ2) is 6.70. The SMILES string of the molecule is CC(C)(C)[S+]([O-])N=CCO[SiH2][Si](C)(C)C(C)(C)C. The van der Waals surface area contributed by atoms with E-state index in [1.165, 1.54) is 0 Å². The molecular formula is C12H29NO2SSi2. The lowest BCUT2D eigenvalue weighted by Crippen LogP contribution is -2.45. The van der Waals surface area contributed by atoms with Crippen LogP contribution >= 0.6 is 0 Å². The Morgan fingerprint density at radius 2 is 1.72 bits per heavy atom. The third-order valence-electron chi connectivity index (χ3n) is 3.38. The van der Waals surface area contributed by atoms with E-state index in [0.29, 0.717) is 11.6 Å². The van der Waals surface area contributed by atoms with Gasteiger partial charge in [0.15, 0.2) is 9.28 Å². The highest BCUT2D eigenvalue weighted by Crippen LogP contribution is 2.34. The fraction of sp³-hybridized carbons (Fsp3) is 0.917. The van der Waals surface area contributed by atoms with Crippen LogP contribution < -0.4 is 0 Å². The molecule has 0 saturated carbocycles. The summed E-state index contributed by atoms with van der Waals surface area (Å²) in [5, 5.41) is 0.393. The molecule has 0 aliphatic carbocycles. The Balaban J connectivity index is 4.06. The first-order chi connectivity index (χ1) is 7.88. The van der Waals surface area contributed by atoms with Gasteiger partial charge in [-0.05, 0) is 25.8 Å². The molecule has 0 fully saturated rings. The lowest BCUT2D eigenvalue weighted by atomic mass is 10.2. The molecule has 3 nitrogen and oxygen atoms in total. The van der Waals surface area contributed by atoms with E-state index in [4.69, 9.17) is 4.43 Å². The molecule has 18 heavy (non-hydrogen) atoms. The molecule has 0 spiro atoms. The van der Waals surface area contributed by atoms with E-state index < -0.39 is 28.2 Å². The van der Waals surface area contributed by atoms with Crippen molar-refractivity contribution in [2.75, 3.05) is 6.61 Å². The van der Waals surface area contributed by atoms with Crippen molar-refractivity contribution in [2.45, 2.75) is 64.4 Å². The highest BCUT2D eigenvalue weighted by molar-refractivity contribution is 7.91. The highest BCUT2D eigenvalue weighted by atomic mass is 32.2. The van der Waals surface area contributed by atoms with Crippen molar-refractivity contribution in [2.24, 2.45) is 4.40 Å². The smallest absolute Gasteiger partial charge is 0.151 e. The number of hydrogen-bond donors (Lipinski definition) is 0. The second-order valence-electron chi connectivity index (χ2n) is 7.30. The summed E-state index contributed by atoms with van der Waals surface area (Å²) < 4.78 is 21.2. The molecule has 1 atom stereocenters. The Morgan fingerprint density at radius 3 is 2.11 bits per heavy atom. The zero-order valence-electron chi connectivity index (χ0n) is 13.2. The van der Waals surface area contributed by atoms with E-state index in [1.807, 2.05) is 20.8 Å². The minimum atomic E-state index is -1.24. The van der Waals surface area contributed by atoms with Crippen molar-refractivity contribution < 1.29 is 8.98 Å². The number of hydrogen-bond acceptors (Lipinski definition) is 3. The van der Waals surface area contributed by atoms with Crippen LogP contribution in [0.4, 0.5) is 0 Å². The summed E-state index contributed by atoms with van der Waals surface area (Å²) in [6, 6.07) is 0. The molecule has 0 N–H and O–H groups in total. The van der Waals surface area contributed by atoms with Gasteiger partial charge in [0.25, 0.3) is 0 Å². The van der Waals surface area contributed by atoms with Gasteiger partial charge in [-0.3, -0.25) is 0 Å². The monoisotopic (exact) mass is 307 g/mol. The van der Waals surface area contributed by atoms with E-state index in [2.05, 4.69) is 38.3 Å². The fourth-order valence-corrected chi connectivity index (χ4v) is 5.70. The molecule has 0 aliphatic rings. The van der Waals surface area contributed by atoms with Gasteiger partial charge in [-0.15, -0.1) is 0 Å². The van der Waals surface area contributed by atoms with Gasteiger partial charge in [0, 0.05) is 0 Å². The molecule has 0 saturated heterocycles. The van der Waals surface area contributed by atoms with Crippen molar-refractivity contribution >= 4 is 34.4 Å².